The van der Waals surface area contributed by atoms with Gasteiger partial charge in [-0.1, -0.05) is 25.5 Å². The summed E-state index contributed by atoms with van der Waals surface area (Å²) in [5.74, 6) is -0.280. The Morgan fingerprint density at radius 3 is 2.77 bits per heavy atom. The number of ether oxygens (including phenoxy) is 3. The lowest BCUT2D eigenvalue weighted by molar-refractivity contribution is -0.180. The maximum atomic E-state index is 12.5. The summed E-state index contributed by atoms with van der Waals surface area (Å²) in [4.78, 5) is 36.5. The molecule has 1 heterocycles. The van der Waals surface area contributed by atoms with E-state index in [1.807, 2.05) is 13.0 Å². The highest BCUT2D eigenvalue weighted by Crippen LogP contribution is 2.69. The highest BCUT2D eigenvalue weighted by Gasteiger charge is 2.74. The Morgan fingerprint density at radius 1 is 1.27 bits per heavy atom. The van der Waals surface area contributed by atoms with Gasteiger partial charge in [-0.15, -0.1) is 0 Å². The molecule has 4 fully saturated rings. The summed E-state index contributed by atoms with van der Waals surface area (Å²) in [6, 6.07) is 0. The van der Waals surface area contributed by atoms with Crippen molar-refractivity contribution in [2.45, 2.75) is 63.8 Å². The summed E-state index contributed by atoms with van der Waals surface area (Å²) in [6.07, 6.45) is 6.03. The first-order valence-electron chi connectivity index (χ1n) is 10.8. The number of carbonyl (C=O) groups is 3. The number of fused-ring (bicyclic) bond motifs is 6. The number of rotatable bonds is 1. The van der Waals surface area contributed by atoms with Crippen LogP contribution in [0.3, 0.4) is 0 Å². The van der Waals surface area contributed by atoms with Crippen LogP contribution in [0.15, 0.2) is 23.8 Å². The predicted octanol–water partition coefficient (Wildman–Crippen LogP) is 2.71. The molecule has 162 valence electrons. The second-order valence-corrected chi connectivity index (χ2v) is 10.0. The highest BCUT2D eigenvalue weighted by atomic mass is 16.8. The Hall–Kier alpha value is -2.15. The van der Waals surface area contributed by atoms with E-state index in [0.717, 1.165) is 24.8 Å². The van der Waals surface area contributed by atoms with Gasteiger partial charge in [-0.05, 0) is 56.1 Å². The quantitative estimate of drug-likeness (QED) is 0.656. The van der Waals surface area contributed by atoms with Crippen LogP contribution in [0.1, 0.15) is 46.0 Å². The molecule has 0 aromatic rings. The summed E-state index contributed by atoms with van der Waals surface area (Å²) >= 11 is 0. The highest BCUT2D eigenvalue weighted by molar-refractivity contribution is 6.01. The van der Waals surface area contributed by atoms with E-state index in [0.29, 0.717) is 12.8 Å². The maximum absolute atomic E-state index is 12.5. The zero-order valence-corrected chi connectivity index (χ0v) is 17.6. The maximum Gasteiger partial charge on any atom is 0.510 e. The van der Waals surface area contributed by atoms with E-state index in [1.165, 1.54) is 7.11 Å². The Bertz CT molecular complexity index is 890. The Kier molecular flexibility index (Phi) is 4.08. The molecule has 3 saturated carbocycles. The molecule has 30 heavy (non-hydrogen) atoms. The van der Waals surface area contributed by atoms with Crippen molar-refractivity contribution in [3.8, 4) is 0 Å². The molecule has 5 aliphatic rings. The minimum Gasteiger partial charge on any atom is -0.466 e. The van der Waals surface area contributed by atoms with Gasteiger partial charge in [0.2, 0.25) is 6.10 Å². The first kappa shape index (κ1) is 19.8. The number of cyclic esters (lactones) is 1. The minimum atomic E-state index is -1.12. The summed E-state index contributed by atoms with van der Waals surface area (Å²) in [5, 5.41) is 11.4. The molecule has 0 aromatic carbocycles. The second kappa shape index (κ2) is 6.19. The summed E-state index contributed by atoms with van der Waals surface area (Å²) in [5.41, 5.74) is -0.999. The monoisotopic (exact) mass is 416 g/mol. The van der Waals surface area contributed by atoms with Crippen LogP contribution in [0.2, 0.25) is 0 Å². The molecule has 7 nitrogen and oxygen atoms in total. The zero-order chi connectivity index (χ0) is 21.5. The number of carbonyl (C=O) groups excluding carboxylic acids is 3. The van der Waals surface area contributed by atoms with Crippen molar-refractivity contribution in [2.24, 2.45) is 28.6 Å². The fourth-order valence-electron chi connectivity index (χ4n) is 7.71. The second-order valence-electron chi connectivity index (χ2n) is 10.0. The average molecular weight is 416 g/mol. The van der Waals surface area contributed by atoms with E-state index in [2.05, 4.69) is 6.92 Å². The van der Waals surface area contributed by atoms with E-state index in [4.69, 9.17) is 14.2 Å². The molecule has 0 aromatic heterocycles. The lowest BCUT2D eigenvalue weighted by Crippen LogP contribution is -2.62. The Labute approximate surface area is 175 Å². The largest absolute Gasteiger partial charge is 0.510 e. The molecule has 1 spiro atoms. The van der Waals surface area contributed by atoms with E-state index in [1.54, 1.807) is 12.2 Å². The van der Waals surface area contributed by atoms with Gasteiger partial charge in [0.25, 0.3) is 0 Å². The van der Waals surface area contributed by atoms with Crippen molar-refractivity contribution in [3.05, 3.63) is 23.8 Å². The van der Waals surface area contributed by atoms with Crippen LogP contribution in [0.4, 0.5) is 4.79 Å². The van der Waals surface area contributed by atoms with Gasteiger partial charge in [-0.2, -0.15) is 0 Å². The normalized spacial score (nSPS) is 48.9. The van der Waals surface area contributed by atoms with Crippen LogP contribution in [-0.2, 0) is 23.8 Å². The minimum absolute atomic E-state index is 0.00631. The number of hydrogen-bond donors (Lipinski definition) is 1. The van der Waals surface area contributed by atoms with Crippen LogP contribution in [0, 0.1) is 28.6 Å². The molecule has 0 amide bonds. The third-order valence-electron chi connectivity index (χ3n) is 9.00. The average Bonchev–Trinajstić information content (AvgIpc) is 3.18. The van der Waals surface area contributed by atoms with Crippen molar-refractivity contribution in [3.63, 3.8) is 0 Å². The van der Waals surface area contributed by atoms with Crippen molar-refractivity contribution in [1.82, 2.24) is 0 Å². The molecule has 0 bridgehead atoms. The molecule has 4 aliphatic carbocycles. The number of allylic oxidation sites excluding steroid dienone is 4. The Morgan fingerprint density at radius 2 is 2.03 bits per heavy atom. The van der Waals surface area contributed by atoms with E-state index in [9.17, 15) is 19.5 Å². The smallest absolute Gasteiger partial charge is 0.466 e. The zero-order valence-electron chi connectivity index (χ0n) is 17.6. The Balaban J connectivity index is 1.56. The fraction of sp³-hybridized carbons (Fsp3) is 0.696. The molecule has 1 N–H and O–H groups in total. The van der Waals surface area contributed by atoms with Crippen molar-refractivity contribution >= 4 is 17.9 Å². The van der Waals surface area contributed by atoms with Crippen LogP contribution in [-0.4, -0.2) is 47.9 Å². The number of esters is 1. The molecular formula is C23H28O7. The number of methoxy groups -OCH3 is 1. The van der Waals surface area contributed by atoms with Gasteiger partial charge in [0.1, 0.15) is 0 Å². The molecule has 8 atom stereocenters. The van der Waals surface area contributed by atoms with Gasteiger partial charge in [0.15, 0.2) is 11.4 Å². The summed E-state index contributed by atoms with van der Waals surface area (Å²) in [7, 11) is 1.27. The van der Waals surface area contributed by atoms with Gasteiger partial charge >= 0.3 is 12.1 Å². The summed E-state index contributed by atoms with van der Waals surface area (Å²) < 4.78 is 15.9. The lowest BCUT2D eigenvalue weighted by atomic mass is 9.46. The van der Waals surface area contributed by atoms with Crippen LogP contribution >= 0.6 is 0 Å². The topological polar surface area (TPSA) is 99.1 Å². The molecule has 0 unspecified atom stereocenters. The SMILES string of the molecule is COC(=O)[C@H]1OC(=O)O[C@@]12CC[C@H]1[C@@H]3CCC4=CC(=O)C=C[C@]4(C)[C@H]3[C@@H](O)C[C@@]12C. The third kappa shape index (κ3) is 2.27. The van der Waals surface area contributed by atoms with E-state index >= 15 is 0 Å². The van der Waals surface area contributed by atoms with Crippen molar-refractivity contribution in [1.29, 1.82) is 0 Å². The van der Waals surface area contributed by atoms with Gasteiger partial charge in [-0.3, -0.25) is 4.79 Å². The van der Waals surface area contributed by atoms with Gasteiger partial charge in [0, 0.05) is 16.7 Å². The number of hydrogen-bond acceptors (Lipinski definition) is 7. The van der Waals surface area contributed by atoms with Crippen LogP contribution < -0.4 is 0 Å². The van der Waals surface area contributed by atoms with Gasteiger partial charge in [0.05, 0.1) is 13.2 Å². The number of ketones is 1. The van der Waals surface area contributed by atoms with Crippen LogP contribution in [0.5, 0.6) is 0 Å². The molecule has 1 aliphatic heterocycles. The predicted molar refractivity (Wildman–Crippen MR) is 104 cm³/mol. The molecule has 5 rings (SSSR count). The molecular weight excluding hydrogens is 388 g/mol. The lowest BCUT2D eigenvalue weighted by Gasteiger charge is -2.59. The fourth-order valence-corrected chi connectivity index (χ4v) is 7.71. The van der Waals surface area contributed by atoms with Crippen molar-refractivity contribution < 1.29 is 33.7 Å². The number of aliphatic hydroxyl groups excluding tert-OH is 1. The number of aliphatic hydroxyl groups is 1. The van der Waals surface area contributed by atoms with Crippen LogP contribution in [0.25, 0.3) is 0 Å². The summed E-state index contributed by atoms with van der Waals surface area (Å²) in [6.45, 7) is 4.14. The molecule has 0 radical (unpaired) electrons. The first-order chi connectivity index (χ1) is 14.2. The molecule has 1 saturated heterocycles. The van der Waals surface area contributed by atoms with Gasteiger partial charge < -0.3 is 19.3 Å². The van der Waals surface area contributed by atoms with E-state index in [-0.39, 0.29) is 29.0 Å². The first-order valence-corrected chi connectivity index (χ1v) is 10.8. The van der Waals surface area contributed by atoms with Gasteiger partial charge in [-0.25, -0.2) is 9.59 Å². The molecule has 7 heteroatoms. The van der Waals surface area contributed by atoms with Crippen molar-refractivity contribution in [2.75, 3.05) is 7.11 Å². The standard InChI is InChI=1S/C23H28O7/c1-21-8-6-13(24)10-12(21)4-5-14-15-7-9-23(22(15,2)11-16(25)17(14)21)18(19(26)28-3)29-20(27)30-23/h6,8,10,14-18,25H,4-5,7,9,11H2,1-3H3/t14-,15-,16-,17+,18+,21-,22-,23-/m0/s1. The van der Waals surface area contributed by atoms with E-state index < -0.39 is 35.3 Å². The third-order valence-corrected chi connectivity index (χ3v) is 9.00.